The van der Waals surface area contributed by atoms with Crippen molar-refractivity contribution in [3.8, 4) is 5.75 Å². The molecule has 0 amide bonds. The van der Waals surface area contributed by atoms with Crippen LogP contribution >= 0.6 is 26.6 Å². The number of benzene rings is 1. The van der Waals surface area contributed by atoms with E-state index in [1.54, 1.807) is 6.07 Å². The molecule has 1 aliphatic heterocycles. The first-order valence-electron chi connectivity index (χ1n) is 4.15. The van der Waals surface area contributed by atoms with E-state index in [1.807, 2.05) is 0 Å². The minimum absolute atomic E-state index is 0.0345. The lowest BCUT2D eigenvalue weighted by Gasteiger charge is -2.16. The van der Waals surface area contributed by atoms with Crippen molar-refractivity contribution < 1.29 is 17.5 Å². The van der Waals surface area contributed by atoms with Gasteiger partial charge < -0.3 is 4.74 Å². The van der Waals surface area contributed by atoms with E-state index in [9.17, 15) is 12.8 Å². The molecule has 1 aromatic rings. The van der Waals surface area contributed by atoms with Crippen LogP contribution in [0.4, 0.5) is 4.39 Å². The van der Waals surface area contributed by atoms with E-state index in [0.717, 1.165) is 0 Å². The van der Waals surface area contributed by atoms with Gasteiger partial charge in [0, 0.05) is 20.7 Å². The number of rotatable bonds is 1. The van der Waals surface area contributed by atoms with Gasteiger partial charge in [-0.2, -0.15) is 0 Å². The van der Waals surface area contributed by atoms with Crippen LogP contribution in [-0.4, -0.2) is 15.0 Å². The highest BCUT2D eigenvalue weighted by atomic mass is 79.9. The molecule has 0 bridgehead atoms. The van der Waals surface area contributed by atoms with Gasteiger partial charge in [-0.15, -0.1) is 0 Å². The monoisotopic (exact) mass is 326 g/mol. The molecule has 0 atom stereocenters. The number of hydrogen-bond donors (Lipinski definition) is 0. The lowest BCUT2D eigenvalue weighted by molar-refractivity contribution is 0.333. The molecule has 2 rings (SSSR count). The molecule has 0 saturated carbocycles. The van der Waals surface area contributed by atoms with E-state index in [4.69, 9.17) is 15.4 Å². The first kappa shape index (κ1) is 11.9. The van der Waals surface area contributed by atoms with Gasteiger partial charge in [-0.25, -0.2) is 12.8 Å². The number of fused-ring (bicyclic) bond motifs is 1. The highest BCUT2D eigenvalue weighted by Gasteiger charge is 2.23. The van der Waals surface area contributed by atoms with Crippen molar-refractivity contribution in [3.05, 3.63) is 32.9 Å². The molecule has 0 saturated heterocycles. The predicted molar refractivity (Wildman–Crippen MR) is 62.3 cm³/mol. The molecule has 0 aromatic heterocycles. The van der Waals surface area contributed by atoms with Gasteiger partial charge in [0.05, 0.1) is 4.91 Å². The number of halogens is 3. The summed E-state index contributed by atoms with van der Waals surface area (Å²) in [5, 5.41) is 0. The maximum Gasteiger partial charge on any atom is 0.260 e. The van der Waals surface area contributed by atoms with Crippen molar-refractivity contribution in [2.45, 2.75) is 0 Å². The smallest absolute Gasteiger partial charge is 0.260 e. The van der Waals surface area contributed by atoms with Gasteiger partial charge in [0.2, 0.25) is 0 Å². The summed E-state index contributed by atoms with van der Waals surface area (Å²) in [6, 6.07) is 2.80. The first-order valence-corrected chi connectivity index (χ1v) is 7.25. The van der Waals surface area contributed by atoms with E-state index >= 15 is 0 Å². The summed E-state index contributed by atoms with van der Waals surface area (Å²) in [5.41, 5.74) is 0.345. The summed E-state index contributed by atoms with van der Waals surface area (Å²) in [4.78, 5) is -0.0841. The van der Waals surface area contributed by atoms with Gasteiger partial charge in [0.15, 0.2) is 11.6 Å². The van der Waals surface area contributed by atoms with E-state index < -0.39 is 14.9 Å². The van der Waals surface area contributed by atoms with Gasteiger partial charge >= 0.3 is 0 Å². The largest absolute Gasteiger partial charge is 0.484 e. The highest BCUT2D eigenvalue weighted by Crippen LogP contribution is 2.34. The van der Waals surface area contributed by atoms with Crippen molar-refractivity contribution in [2.24, 2.45) is 0 Å². The molecule has 0 fully saturated rings. The Kier molecular flexibility index (Phi) is 2.98. The zero-order valence-corrected chi connectivity index (χ0v) is 10.9. The van der Waals surface area contributed by atoms with E-state index in [1.165, 1.54) is 12.1 Å². The zero-order valence-electron chi connectivity index (χ0n) is 7.71. The van der Waals surface area contributed by atoms with Crippen molar-refractivity contribution in [1.82, 2.24) is 0 Å². The van der Waals surface area contributed by atoms with E-state index in [2.05, 4.69) is 15.9 Å². The molecular formula is C9H5BrClFO3S. The molecular weight excluding hydrogens is 323 g/mol. The zero-order chi connectivity index (χ0) is 11.9. The molecule has 1 heterocycles. The van der Waals surface area contributed by atoms with Crippen molar-refractivity contribution in [3.63, 3.8) is 0 Å². The Labute approximate surface area is 104 Å². The maximum absolute atomic E-state index is 13.4. The fourth-order valence-electron chi connectivity index (χ4n) is 1.34. The fraction of sp³-hybridized carbons (Fsp3) is 0.111. The third-order valence-corrected chi connectivity index (χ3v) is 3.94. The normalized spacial score (nSPS) is 15.1. The lowest BCUT2D eigenvalue weighted by atomic mass is 10.1. The topological polar surface area (TPSA) is 43.4 Å². The summed E-state index contributed by atoms with van der Waals surface area (Å²) < 4.78 is 41.1. The molecule has 0 N–H and O–H groups in total. The van der Waals surface area contributed by atoms with Crippen molar-refractivity contribution in [1.29, 1.82) is 0 Å². The predicted octanol–water partition coefficient (Wildman–Crippen LogP) is 2.89. The minimum atomic E-state index is -3.82. The van der Waals surface area contributed by atoms with Crippen LogP contribution in [0, 0.1) is 5.82 Å². The third kappa shape index (κ3) is 2.23. The second-order valence-corrected chi connectivity index (χ2v) is 6.68. The molecule has 0 aliphatic carbocycles. The fourth-order valence-corrected chi connectivity index (χ4v) is 2.52. The molecule has 0 radical (unpaired) electrons. The van der Waals surface area contributed by atoms with E-state index in [-0.39, 0.29) is 17.3 Å². The van der Waals surface area contributed by atoms with Gasteiger partial charge in [0.25, 0.3) is 9.05 Å². The summed E-state index contributed by atoms with van der Waals surface area (Å²) >= 11 is 3.10. The molecule has 0 unspecified atom stereocenters. The molecule has 7 heteroatoms. The Morgan fingerprint density at radius 1 is 1.44 bits per heavy atom. The second-order valence-electron chi connectivity index (χ2n) is 3.14. The standard InChI is InChI=1S/C9H5BrClFO3S/c10-6-1-5-2-7(16(11,13)14)4-15-9(5)8(12)3-6/h1-3H,4H2. The lowest BCUT2D eigenvalue weighted by Crippen LogP contribution is -2.12. The van der Waals surface area contributed by atoms with Crippen LogP contribution in [-0.2, 0) is 9.05 Å². The molecule has 86 valence electrons. The Hall–Kier alpha value is -0.590. The summed E-state index contributed by atoms with van der Waals surface area (Å²) in [6.45, 7) is -0.253. The third-order valence-electron chi connectivity index (χ3n) is 2.03. The van der Waals surface area contributed by atoms with Crippen molar-refractivity contribution >= 4 is 41.7 Å². The van der Waals surface area contributed by atoms with Crippen LogP contribution in [0.25, 0.3) is 6.08 Å². The maximum atomic E-state index is 13.4. The Morgan fingerprint density at radius 3 is 2.75 bits per heavy atom. The molecule has 0 spiro atoms. The van der Waals surface area contributed by atoms with Crippen LogP contribution < -0.4 is 4.74 Å². The SMILES string of the molecule is O=S(=O)(Cl)C1=Cc2cc(Br)cc(F)c2OC1. The van der Waals surface area contributed by atoms with Crippen LogP contribution in [0.3, 0.4) is 0 Å². The molecule has 1 aromatic carbocycles. The number of ether oxygens (including phenoxy) is 1. The molecule has 1 aliphatic rings. The molecule has 3 nitrogen and oxygen atoms in total. The van der Waals surface area contributed by atoms with Gasteiger partial charge in [0.1, 0.15) is 6.61 Å². The Morgan fingerprint density at radius 2 is 2.12 bits per heavy atom. The van der Waals surface area contributed by atoms with Gasteiger partial charge in [-0.3, -0.25) is 0 Å². The van der Waals surface area contributed by atoms with Gasteiger partial charge in [-0.1, -0.05) is 15.9 Å². The average molecular weight is 328 g/mol. The van der Waals surface area contributed by atoms with Crippen LogP contribution in [0.2, 0.25) is 0 Å². The second kappa shape index (κ2) is 4.01. The Bertz CT molecular complexity index is 583. The van der Waals surface area contributed by atoms with Crippen LogP contribution in [0.5, 0.6) is 5.75 Å². The average Bonchev–Trinajstić information content (AvgIpc) is 2.15. The summed E-state index contributed by atoms with van der Waals surface area (Å²) in [7, 11) is 1.35. The van der Waals surface area contributed by atoms with Gasteiger partial charge in [-0.05, 0) is 18.2 Å². The first-order chi connectivity index (χ1) is 7.38. The summed E-state index contributed by atoms with van der Waals surface area (Å²) in [6.07, 6.45) is 1.30. The summed E-state index contributed by atoms with van der Waals surface area (Å²) in [5.74, 6) is -0.515. The Balaban J connectivity index is 2.60. The molecule has 16 heavy (non-hydrogen) atoms. The number of hydrogen-bond acceptors (Lipinski definition) is 3. The van der Waals surface area contributed by atoms with Crippen LogP contribution in [0.1, 0.15) is 5.56 Å². The van der Waals surface area contributed by atoms with Crippen LogP contribution in [0.15, 0.2) is 21.5 Å². The van der Waals surface area contributed by atoms with E-state index in [0.29, 0.717) is 10.0 Å². The minimum Gasteiger partial charge on any atom is -0.484 e. The quantitative estimate of drug-likeness (QED) is 0.745. The van der Waals surface area contributed by atoms with Crippen molar-refractivity contribution in [2.75, 3.05) is 6.61 Å². The highest BCUT2D eigenvalue weighted by molar-refractivity contribution is 9.10.